The molecule has 36 heavy (non-hydrogen) atoms. The molecule has 4 rings (SSSR count). The molecule has 0 radical (unpaired) electrons. The van der Waals surface area contributed by atoms with Gasteiger partial charge < -0.3 is 10.4 Å². The average molecular weight is 544 g/mol. The predicted molar refractivity (Wildman–Crippen MR) is 152 cm³/mol. The lowest BCUT2D eigenvalue weighted by molar-refractivity contribution is 0.476. The molecule has 0 bridgehead atoms. The Morgan fingerprint density at radius 3 is 1.97 bits per heavy atom. The maximum absolute atomic E-state index is 13.3. The van der Waals surface area contributed by atoms with Gasteiger partial charge in [0.1, 0.15) is 0 Å². The maximum Gasteiger partial charge on any atom is 0.236 e. The second-order valence-electron chi connectivity index (χ2n) is 9.89. The van der Waals surface area contributed by atoms with Gasteiger partial charge in [0.05, 0.1) is 27.7 Å². The topological polar surface area (TPSA) is 69.6 Å². The first kappa shape index (κ1) is 26.1. The van der Waals surface area contributed by atoms with Crippen molar-refractivity contribution in [1.29, 1.82) is 0 Å². The summed E-state index contributed by atoms with van der Waals surface area (Å²) in [7, 11) is -3.85. The van der Waals surface area contributed by atoms with Gasteiger partial charge >= 0.3 is 0 Å². The van der Waals surface area contributed by atoms with Gasteiger partial charge in [-0.25, -0.2) is 12.7 Å². The molecule has 4 aromatic carbocycles. The molecule has 0 aliphatic heterocycles. The van der Waals surface area contributed by atoms with Crippen LogP contribution in [0.1, 0.15) is 31.9 Å². The van der Waals surface area contributed by atoms with Gasteiger partial charge in [-0.2, -0.15) is 0 Å². The summed E-state index contributed by atoms with van der Waals surface area (Å²) in [6, 6.07) is 20.6. The summed E-state index contributed by atoms with van der Waals surface area (Å²) >= 11 is 12.4. The molecule has 0 saturated carbocycles. The van der Waals surface area contributed by atoms with Crippen LogP contribution in [0.3, 0.4) is 0 Å². The number of halogens is 2. The average Bonchev–Trinajstić information content (AvgIpc) is 2.78. The van der Waals surface area contributed by atoms with Crippen LogP contribution < -0.4 is 9.62 Å². The Kier molecular flexibility index (Phi) is 6.90. The molecule has 8 heteroatoms. The number of fused-ring (bicyclic) bond motifs is 1. The van der Waals surface area contributed by atoms with E-state index in [4.69, 9.17) is 23.2 Å². The Morgan fingerprint density at radius 2 is 1.44 bits per heavy atom. The molecule has 0 amide bonds. The van der Waals surface area contributed by atoms with Crippen molar-refractivity contribution in [3.8, 4) is 5.75 Å². The number of aryl methyl sites for hydroxylation is 1. The zero-order chi connectivity index (χ0) is 26.4. The largest absolute Gasteiger partial charge is 0.505 e. The Hall–Kier alpha value is -2.93. The van der Waals surface area contributed by atoms with Crippen molar-refractivity contribution in [2.45, 2.75) is 33.1 Å². The number of anilines is 4. The van der Waals surface area contributed by atoms with Crippen LogP contribution in [0.4, 0.5) is 22.7 Å². The molecular weight excluding hydrogens is 515 g/mol. The second-order valence-corrected chi connectivity index (χ2v) is 12.5. The van der Waals surface area contributed by atoms with Crippen LogP contribution >= 0.6 is 23.2 Å². The summed E-state index contributed by atoms with van der Waals surface area (Å²) in [6.07, 6.45) is 1.14. The second kappa shape index (κ2) is 9.51. The summed E-state index contributed by atoms with van der Waals surface area (Å²) in [4.78, 5) is 0. The Bertz CT molecular complexity index is 1540. The van der Waals surface area contributed by atoms with Crippen molar-refractivity contribution in [1.82, 2.24) is 0 Å². The lowest BCUT2D eigenvalue weighted by Gasteiger charge is -2.32. The van der Waals surface area contributed by atoms with Gasteiger partial charge in [0.15, 0.2) is 5.75 Å². The van der Waals surface area contributed by atoms with Crippen molar-refractivity contribution < 1.29 is 13.5 Å². The molecule has 2 N–H and O–H groups in total. The third-order valence-electron chi connectivity index (χ3n) is 5.93. The van der Waals surface area contributed by atoms with Gasteiger partial charge in [-0.15, -0.1) is 0 Å². The number of rotatable bonds is 5. The van der Waals surface area contributed by atoms with E-state index in [0.717, 1.165) is 39.5 Å². The fourth-order valence-electron chi connectivity index (χ4n) is 4.20. The van der Waals surface area contributed by atoms with E-state index in [1.54, 1.807) is 0 Å². The van der Waals surface area contributed by atoms with E-state index in [1.165, 1.54) is 16.4 Å². The molecule has 0 saturated heterocycles. The smallest absolute Gasteiger partial charge is 0.236 e. The predicted octanol–water partition coefficient (Wildman–Crippen LogP) is 8.30. The first-order valence-corrected chi connectivity index (χ1v) is 14.0. The Balaban J connectivity index is 2.08. The van der Waals surface area contributed by atoms with E-state index in [1.807, 2.05) is 82.3 Å². The number of sulfonamides is 1. The first-order valence-electron chi connectivity index (χ1n) is 11.4. The molecule has 5 nitrogen and oxygen atoms in total. The van der Waals surface area contributed by atoms with Gasteiger partial charge in [-0.05, 0) is 48.2 Å². The number of nitrogens with zero attached hydrogens (tertiary/aromatic N) is 1. The van der Waals surface area contributed by atoms with Crippen molar-refractivity contribution >= 4 is 66.7 Å². The highest BCUT2D eigenvalue weighted by Crippen LogP contribution is 2.47. The lowest BCUT2D eigenvalue weighted by atomic mass is 9.83. The maximum atomic E-state index is 13.3. The zero-order valence-electron chi connectivity index (χ0n) is 20.7. The standard InChI is InChI=1S/C28H28Cl2N2O3S/c1-17-10-12-18(13-11-17)31-25-16-22(28(2,3)4)26(21-9-7-6-8-20(21)25)32(36(5,34)35)19-14-23(29)27(33)24(30)15-19/h6-16,31,33H,1-5H3. The van der Waals surface area contributed by atoms with Gasteiger partial charge in [-0.1, -0.05) is 85.9 Å². The third-order valence-corrected chi connectivity index (χ3v) is 7.56. The van der Waals surface area contributed by atoms with Crippen LogP contribution in [0.15, 0.2) is 66.7 Å². The lowest BCUT2D eigenvalue weighted by Crippen LogP contribution is -2.28. The molecule has 4 aromatic rings. The SMILES string of the molecule is Cc1ccc(Nc2cc(C(C)(C)C)c(N(c3cc(Cl)c(O)c(Cl)c3)S(C)(=O)=O)c3ccccc23)cc1. The fraction of sp³-hybridized carbons (Fsp3) is 0.214. The van der Waals surface area contributed by atoms with Crippen LogP contribution in [-0.2, 0) is 15.4 Å². The van der Waals surface area contributed by atoms with E-state index < -0.39 is 15.4 Å². The van der Waals surface area contributed by atoms with Crippen molar-refractivity contribution in [2.24, 2.45) is 0 Å². The molecule has 0 aliphatic rings. The zero-order valence-corrected chi connectivity index (χ0v) is 23.1. The highest BCUT2D eigenvalue weighted by Gasteiger charge is 2.31. The number of hydrogen-bond donors (Lipinski definition) is 2. The van der Waals surface area contributed by atoms with Gasteiger partial charge in [0.2, 0.25) is 10.0 Å². The van der Waals surface area contributed by atoms with Crippen molar-refractivity contribution in [3.05, 3.63) is 87.9 Å². The summed E-state index contributed by atoms with van der Waals surface area (Å²) in [5, 5.41) is 15.1. The third kappa shape index (κ3) is 5.12. The highest BCUT2D eigenvalue weighted by molar-refractivity contribution is 7.92. The van der Waals surface area contributed by atoms with Crippen molar-refractivity contribution in [2.75, 3.05) is 15.9 Å². The molecule has 0 unspecified atom stereocenters. The minimum atomic E-state index is -3.85. The first-order chi connectivity index (χ1) is 16.8. The molecule has 188 valence electrons. The van der Waals surface area contributed by atoms with E-state index in [0.29, 0.717) is 5.69 Å². The molecule has 0 fully saturated rings. The number of hydrogen-bond acceptors (Lipinski definition) is 4. The Labute approximate surface area is 222 Å². The van der Waals surface area contributed by atoms with Gasteiger partial charge in [-0.3, -0.25) is 0 Å². The molecule has 0 spiro atoms. The number of aromatic hydroxyl groups is 1. The summed E-state index contributed by atoms with van der Waals surface area (Å²) in [5.41, 5.74) is 4.06. The molecule has 0 heterocycles. The quantitative estimate of drug-likeness (QED) is 0.266. The summed E-state index contributed by atoms with van der Waals surface area (Å²) in [5.74, 6) is -0.297. The Morgan fingerprint density at radius 1 is 0.889 bits per heavy atom. The number of benzene rings is 4. The molecule has 0 atom stereocenters. The van der Waals surface area contributed by atoms with Crippen molar-refractivity contribution in [3.63, 3.8) is 0 Å². The monoisotopic (exact) mass is 542 g/mol. The number of phenolic OH excluding ortho intramolecular Hbond substituents is 1. The van der Waals surface area contributed by atoms with Crippen LogP contribution in [0.2, 0.25) is 10.0 Å². The normalized spacial score (nSPS) is 12.1. The number of phenols is 1. The van der Waals surface area contributed by atoms with E-state index in [2.05, 4.69) is 5.32 Å². The van der Waals surface area contributed by atoms with E-state index >= 15 is 0 Å². The highest BCUT2D eigenvalue weighted by atomic mass is 35.5. The molecular formula is C28H28Cl2N2O3S. The van der Waals surface area contributed by atoms with Gasteiger partial charge in [0.25, 0.3) is 0 Å². The van der Waals surface area contributed by atoms with Crippen LogP contribution in [0, 0.1) is 6.92 Å². The molecule has 0 aromatic heterocycles. The summed E-state index contributed by atoms with van der Waals surface area (Å²) < 4.78 is 27.9. The molecule has 0 aliphatic carbocycles. The van der Waals surface area contributed by atoms with E-state index in [9.17, 15) is 13.5 Å². The minimum absolute atomic E-state index is 0.0366. The number of nitrogens with one attached hydrogen (secondary N) is 1. The van der Waals surface area contributed by atoms with Gasteiger partial charge in [0, 0.05) is 22.1 Å². The van der Waals surface area contributed by atoms with Crippen LogP contribution in [-0.4, -0.2) is 19.8 Å². The minimum Gasteiger partial charge on any atom is -0.505 e. The van der Waals surface area contributed by atoms with Crippen LogP contribution in [0.5, 0.6) is 5.75 Å². The fourth-order valence-corrected chi connectivity index (χ4v) is 5.69. The van der Waals surface area contributed by atoms with E-state index in [-0.39, 0.29) is 21.5 Å². The summed E-state index contributed by atoms with van der Waals surface area (Å²) in [6.45, 7) is 8.14. The van der Waals surface area contributed by atoms with Crippen LogP contribution in [0.25, 0.3) is 10.8 Å².